The number of rotatable bonds is 5. The van der Waals surface area contributed by atoms with Crippen molar-refractivity contribution in [1.82, 2.24) is 14.8 Å². The van der Waals surface area contributed by atoms with Crippen molar-refractivity contribution in [3.05, 3.63) is 41.7 Å². The summed E-state index contributed by atoms with van der Waals surface area (Å²) in [7, 11) is -3.23. The van der Waals surface area contributed by atoms with Gasteiger partial charge in [-0.15, -0.1) is 0 Å². The SMILES string of the molecule is Cc1onc(-c2ccccc2)c1C(=O)N1CCCC(CNS(C)(=O)=O)C1. The van der Waals surface area contributed by atoms with Crippen molar-refractivity contribution in [2.24, 2.45) is 5.92 Å². The molecule has 1 aromatic carbocycles. The zero-order chi connectivity index (χ0) is 18.7. The number of nitrogens with zero attached hydrogens (tertiary/aromatic N) is 2. The molecule has 1 atom stereocenters. The lowest BCUT2D eigenvalue weighted by Crippen LogP contribution is -2.43. The van der Waals surface area contributed by atoms with Crippen molar-refractivity contribution >= 4 is 15.9 Å². The maximum atomic E-state index is 13.1. The highest BCUT2D eigenvalue weighted by Gasteiger charge is 2.30. The quantitative estimate of drug-likeness (QED) is 0.861. The van der Waals surface area contributed by atoms with Crippen LogP contribution in [0.25, 0.3) is 11.3 Å². The fourth-order valence-corrected chi connectivity index (χ4v) is 3.80. The Morgan fingerprint density at radius 1 is 1.35 bits per heavy atom. The summed E-state index contributed by atoms with van der Waals surface area (Å²) in [5.41, 5.74) is 1.86. The van der Waals surface area contributed by atoms with Gasteiger partial charge in [0.1, 0.15) is 17.0 Å². The van der Waals surface area contributed by atoms with Gasteiger partial charge in [0.15, 0.2) is 0 Å². The molecule has 26 heavy (non-hydrogen) atoms. The summed E-state index contributed by atoms with van der Waals surface area (Å²) >= 11 is 0. The third kappa shape index (κ3) is 4.31. The van der Waals surface area contributed by atoms with E-state index in [1.807, 2.05) is 30.3 Å². The summed E-state index contributed by atoms with van der Waals surface area (Å²) in [6.45, 7) is 3.24. The van der Waals surface area contributed by atoms with Crippen LogP contribution in [-0.2, 0) is 10.0 Å². The van der Waals surface area contributed by atoms with Gasteiger partial charge in [0, 0.05) is 25.2 Å². The molecule has 3 rings (SSSR count). The lowest BCUT2D eigenvalue weighted by molar-refractivity contribution is 0.0675. The molecule has 140 valence electrons. The third-order valence-corrected chi connectivity index (χ3v) is 5.26. The van der Waals surface area contributed by atoms with Gasteiger partial charge in [-0.3, -0.25) is 4.79 Å². The van der Waals surface area contributed by atoms with Crippen LogP contribution in [0, 0.1) is 12.8 Å². The molecule has 1 aliphatic rings. The number of nitrogens with one attached hydrogen (secondary N) is 1. The number of sulfonamides is 1. The van der Waals surface area contributed by atoms with Crippen LogP contribution in [0.2, 0.25) is 0 Å². The molecule has 0 spiro atoms. The fraction of sp³-hybridized carbons (Fsp3) is 0.444. The number of aromatic nitrogens is 1. The first kappa shape index (κ1) is 18.6. The fourth-order valence-electron chi connectivity index (χ4n) is 3.26. The normalized spacial score (nSPS) is 18.1. The first-order valence-corrected chi connectivity index (χ1v) is 10.5. The highest BCUT2D eigenvalue weighted by Crippen LogP contribution is 2.28. The Morgan fingerprint density at radius 2 is 2.08 bits per heavy atom. The minimum atomic E-state index is -3.23. The summed E-state index contributed by atoms with van der Waals surface area (Å²) in [6, 6.07) is 9.47. The van der Waals surface area contributed by atoms with E-state index < -0.39 is 10.0 Å². The first-order chi connectivity index (χ1) is 12.3. The Labute approximate surface area is 153 Å². The van der Waals surface area contributed by atoms with Crippen LogP contribution in [0.4, 0.5) is 0 Å². The zero-order valence-corrected chi connectivity index (χ0v) is 15.8. The van der Waals surface area contributed by atoms with Crippen molar-refractivity contribution in [3.8, 4) is 11.3 Å². The molecule has 1 amide bonds. The summed E-state index contributed by atoms with van der Waals surface area (Å²) in [5, 5.41) is 4.08. The van der Waals surface area contributed by atoms with Gasteiger partial charge < -0.3 is 9.42 Å². The molecule has 0 radical (unpaired) electrons. The highest BCUT2D eigenvalue weighted by atomic mass is 32.2. The summed E-state index contributed by atoms with van der Waals surface area (Å²) < 4.78 is 30.4. The molecule has 2 aromatic rings. The molecule has 0 saturated carbocycles. The number of piperidine rings is 1. The molecule has 1 fully saturated rings. The second-order valence-corrected chi connectivity index (χ2v) is 8.54. The Bertz CT molecular complexity index is 877. The lowest BCUT2D eigenvalue weighted by atomic mass is 9.97. The van der Waals surface area contributed by atoms with Gasteiger partial charge in [-0.1, -0.05) is 35.5 Å². The van der Waals surface area contributed by atoms with Gasteiger partial charge in [-0.25, -0.2) is 13.1 Å². The van der Waals surface area contributed by atoms with Crippen LogP contribution in [-0.4, -0.2) is 50.3 Å². The van der Waals surface area contributed by atoms with Crippen molar-refractivity contribution in [2.45, 2.75) is 19.8 Å². The smallest absolute Gasteiger partial charge is 0.259 e. The molecule has 2 heterocycles. The summed E-state index contributed by atoms with van der Waals surface area (Å²) in [5.74, 6) is 0.472. The minimum Gasteiger partial charge on any atom is -0.360 e. The lowest BCUT2D eigenvalue weighted by Gasteiger charge is -2.32. The van der Waals surface area contributed by atoms with Gasteiger partial charge in [0.05, 0.1) is 6.26 Å². The standard InChI is InChI=1S/C18H23N3O4S/c1-13-16(17(20-25-13)15-8-4-3-5-9-15)18(22)21-10-6-7-14(12-21)11-19-26(2,23)24/h3-5,8-9,14,19H,6-7,10-12H2,1-2H3. The van der Waals surface area contributed by atoms with Crippen molar-refractivity contribution in [1.29, 1.82) is 0 Å². The molecule has 1 aromatic heterocycles. The van der Waals surface area contributed by atoms with Crippen LogP contribution in [0.5, 0.6) is 0 Å². The first-order valence-electron chi connectivity index (χ1n) is 8.61. The topological polar surface area (TPSA) is 92.5 Å². The second-order valence-electron chi connectivity index (χ2n) is 6.71. The van der Waals surface area contributed by atoms with E-state index in [2.05, 4.69) is 9.88 Å². The van der Waals surface area contributed by atoms with Crippen LogP contribution < -0.4 is 4.72 Å². The van der Waals surface area contributed by atoms with E-state index in [0.717, 1.165) is 24.7 Å². The number of carbonyl (C=O) groups is 1. The van der Waals surface area contributed by atoms with Crippen molar-refractivity contribution < 1.29 is 17.7 Å². The number of amides is 1. The van der Waals surface area contributed by atoms with E-state index >= 15 is 0 Å². The van der Waals surface area contributed by atoms with Crippen molar-refractivity contribution in [3.63, 3.8) is 0 Å². The van der Waals surface area contributed by atoms with E-state index in [-0.39, 0.29) is 11.8 Å². The van der Waals surface area contributed by atoms with E-state index in [0.29, 0.717) is 36.7 Å². The van der Waals surface area contributed by atoms with Gasteiger partial charge in [0.2, 0.25) is 10.0 Å². The van der Waals surface area contributed by atoms with E-state index in [1.54, 1.807) is 11.8 Å². The summed E-state index contributed by atoms with van der Waals surface area (Å²) in [6.07, 6.45) is 2.87. The van der Waals surface area contributed by atoms with Crippen LogP contribution in [0.15, 0.2) is 34.9 Å². The molecule has 1 unspecified atom stereocenters. The van der Waals surface area contributed by atoms with Gasteiger partial charge in [-0.2, -0.15) is 0 Å². The highest BCUT2D eigenvalue weighted by molar-refractivity contribution is 7.88. The molecule has 1 saturated heterocycles. The van der Waals surface area contributed by atoms with Gasteiger partial charge in [0.25, 0.3) is 5.91 Å². The average Bonchev–Trinajstić information content (AvgIpc) is 3.01. The third-order valence-electron chi connectivity index (χ3n) is 4.56. The molecular formula is C18H23N3O4S. The van der Waals surface area contributed by atoms with E-state index in [1.165, 1.54) is 0 Å². The minimum absolute atomic E-state index is 0.0998. The second kappa shape index (κ2) is 7.59. The molecule has 0 bridgehead atoms. The number of benzene rings is 1. The number of hydrogen-bond acceptors (Lipinski definition) is 5. The van der Waals surface area contributed by atoms with Crippen LogP contribution >= 0.6 is 0 Å². The Balaban J connectivity index is 1.78. The molecular weight excluding hydrogens is 354 g/mol. The Hall–Kier alpha value is -2.19. The number of likely N-dealkylation sites (tertiary alicyclic amines) is 1. The van der Waals surface area contributed by atoms with Gasteiger partial charge in [-0.05, 0) is 25.7 Å². The summed E-state index contributed by atoms with van der Waals surface area (Å²) in [4.78, 5) is 14.9. The average molecular weight is 377 g/mol. The number of carbonyl (C=O) groups excluding carboxylic acids is 1. The molecule has 8 heteroatoms. The molecule has 7 nitrogen and oxygen atoms in total. The largest absolute Gasteiger partial charge is 0.360 e. The number of aryl methyl sites for hydroxylation is 1. The number of hydrogen-bond donors (Lipinski definition) is 1. The molecule has 0 aliphatic carbocycles. The monoisotopic (exact) mass is 377 g/mol. The molecule has 1 aliphatic heterocycles. The van der Waals surface area contributed by atoms with Gasteiger partial charge >= 0.3 is 0 Å². The van der Waals surface area contributed by atoms with Crippen LogP contribution in [0.3, 0.4) is 0 Å². The maximum Gasteiger partial charge on any atom is 0.259 e. The Kier molecular flexibility index (Phi) is 5.43. The predicted octanol–water partition coefficient (Wildman–Crippen LogP) is 2.05. The van der Waals surface area contributed by atoms with E-state index in [4.69, 9.17) is 4.52 Å². The van der Waals surface area contributed by atoms with Crippen molar-refractivity contribution in [2.75, 3.05) is 25.9 Å². The van der Waals surface area contributed by atoms with E-state index in [9.17, 15) is 13.2 Å². The van der Waals surface area contributed by atoms with Crippen LogP contribution in [0.1, 0.15) is 29.0 Å². The zero-order valence-electron chi connectivity index (χ0n) is 14.9. The Morgan fingerprint density at radius 3 is 2.77 bits per heavy atom. The maximum absolute atomic E-state index is 13.1. The molecule has 1 N–H and O–H groups in total. The predicted molar refractivity (Wildman–Crippen MR) is 98.2 cm³/mol.